The molecule has 1 aromatic rings. The molecule has 0 aliphatic rings. The van der Waals surface area contributed by atoms with Crippen molar-refractivity contribution in [1.29, 1.82) is 0 Å². The zero-order valence-corrected chi connectivity index (χ0v) is 11.9. The number of aryl methyl sites for hydroxylation is 2. The van der Waals surface area contributed by atoms with Crippen LogP contribution < -0.4 is 4.72 Å². The standard InChI is InChI=1S/C11H16BrNO2S/c1-9-4-5-11(8-10(9)2)16(14,15)13-7-3-6-12/h4-5,8,13H,3,6-7H2,1-2H3. The number of sulfonamides is 1. The SMILES string of the molecule is Cc1ccc(S(=O)(=O)NCCCBr)cc1C. The van der Waals surface area contributed by atoms with E-state index in [0.29, 0.717) is 11.4 Å². The third-order valence-electron chi connectivity index (χ3n) is 2.39. The highest BCUT2D eigenvalue weighted by molar-refractivity contribution is 9.09. The minimum absolute atomic E-state index is 0.338. The van der Waals surface area contributed by atoms with Crippen LogP contribution in [-0.4, -0.2) is 20.3 Å². The van der Waals surface area contributed by atoms with Gasteiger partial charge in [0.25, 0.3) is 0 Å². The van der Waals surface area contributed by atoms with Crippen molar-refractivity contribution in [3.05, 3.63) is 29.3 Å². The maximum Gasteiger partial charge on any atom is 0.240 e. The first-order chi connectivity index (χ1) is 7.47. The molecule has 5 heteroatoms. The van der Waals surface area contributed by atoms with Gasteiger partial charge in [0.1, 0.15) is 0 Å². The summed E-state index contributed by atoms with van der Waals surface area (Å²) in [5.74, 6) is 0. The summed E-state index contributed by atoms with van der Waals surface area (Å²) in [6, 6.07) is 5.17. The first-order valence-corrected chi connectivity index (χ1v) is 7.71. The van der Waals surface area contributed by atoms with Gasteiger partial charge in [0, 0.05) is 11.9 Å². The van der Waals surface area contributed by atoms with Crippen LogP contribution in [0.1, 0.15) is 17.5 Å². The highest BCUT2D eigenvalue weighted by Crippen LogP contribution is 2.14. The molecule has 0 aliphatic carbocycles. The largest absolute Gasteiger partial charge is 0.240 e. The molecule has 3 nitrogen and oxygen atoms in total. The lowest BCUT2D eigenvalue weighted by Gasteiger charge is -2.07. The summed E-state index contributed by atoms with van der Waals surface area (Å²) in [5, 5.41) is 0.794. The smallest absolute Gasteiger partial charge is 0.211 e. The second kappa shape index (κ2) is 5.80. The molecule has 90 valence electrons. The van der Waals surface area contributed by atoms with E-state index in [1.165, 1.54) is 0 Å². The van der Waals surface area contributed by atoms with Gasteiger partial charge in [0.15, 0.2) is 0 Å². The maximum atomic E-state index is 11.8. The lowest BCUT2D eigenvalue weighted by molar-refractivity contribution is 0.581. The van der Waals surface area contributed by atoms with Gasteiger partial charge in [0.05, 0.1) is 4.90 Å². The number of alkyl halides is 1. The third-order valence-corrected chi connectivity index (χ3v) is 4.41. The van der Waals surface area contributed by atoms with E-state index in [1.54, 1.807) is 12.1 Å². The minimum Gasteiger partial charge on any atom is -0.211 e. The predicted molar refractivity (Wildman–Crippen MR) is 69.5 cm³/mol. The normalized spacial score (nSPS) is 11.7. The lowest BCUT2D eigenvalue weighted by Crippen LogP contribution is -2.25. The molecule has 0 spiro atoms. The number of benzene rings is 1. The Hall–Kier alpha value is -0.390. The average molecular weight is 306 g/mol. The average Bonchev–Trinajstić information content (AvgIpc) is 2.22. The molecule has 0 atom stereocenters. The summed E-state index contributed by atoms with van der Waals surface area (Å²) in [5.41, 5.74) is 2.09. The summed E-state index contributed by atoms with van der Waals surface area (Å²) >= 11 is 3.26. The van der Waals surface area contributed by atoms with Crippen LogP contribution in [0.5, 0.6) is 0 Å². The van der Waals surface area contributed by atoms with Crippen LogP contribution in [0.3, 0.4) is 0 Å². The molecule has 0 saturated carbocycles. The molecule has 0 heterocycles. The second-order valence-electron chi connectivity index (χ2n) is 3.69. The Bertz CT molecular complexity index is 457. The van der Waals surface area contributed by atoms with Gasteiger partial charge in [-0.25, -0.2) is 13.1 Å². The highest BCUT2D eigenvalue weighted by Gasteiger charge is 2.13. The van der Waals surface area contributed by atoms with E-state index in [4.69, 9.17) is 0 Å². The summed E-state index contributed by atoms with van der Waals surface area (Å²) in [6.45, 7) is 4.33. The van der Waals surface area contributed by atoms with Gasteiger partial charge in [-0.1, -0.05) is 22.0 Å². The van der Waals surface area contributed by atoms with Crippen molar-refractivity contribution in [2.75, 3.05) is 11.9 Å². The molecule has 0 aromatic heterocycles. The number of halogens is 1. The maximum absolute atomic E-state index is 11.8. The molecule has 1 rings (SSSR count). The van der Waals surface area contributed by atoms with E-state index >= 15 is 0 Å². The van der Waals surface area contributed by atoms with Crippen LogP contribution in [0, 0.1) is 13.8 Å². The van der Waals surface area contributed by atoms with Crippen molar-refractivity contribution in [1.82, 2.24) is 4.72 Å². The van der Waals surface area contributed by atoms with Gasteiger partial charge < -0.3 is 0 Å². The van der Waals surface area contributed by atoms with E-state index in [-0.39, 0.29) is 0 Å². The Morgan fingerprint density at radius 2 is 1.94 bits per heavy atom. The Morgan fingerprint density at radius 3 is 2.50 bits per heavy atom. The summed E-state index contributed by atoms with van der Waals surface area (Å²) in [4.78, 5) is 0.338. The van der Waals surface area contributed by atoms with E-state index in [9.17, 15) is 8.42 Å². The second-order valence-corrected chi connectivity index (χ2v) is 6.25. The molecule has 1 N–H and O–H groups in total. The van der Waals surface area contributed by atoms with Crippen LogP contribution in [-0.2, 0) is 10.0 Å². The zero-order valence-electron chi connectivity index (χ0n) is 9.46. The number of nitrogens with one attached hydrogen (secondary N) is 1. The fourth-order valence-corrected chi connectivity index (χ4v) is 2.68. The Balaban J connectivity index is 2.86. The van der Waals surface area contributed by atoms with Crippen molar-refractivity contribution in [3.63, 3.8) is 0 Å². The van der Waals surface area contributed by atoms with Crippen LogP contribution in [0.25, 0.3) is 0 Å². The summed E-state index contributed by atoms with van der Waals surface area (Å²) in [6.07, 6.45) is 0.782. The van der Waals surface area contributed by atoms with Crippen molar-refractivity contribution in [2.45, 2.75) is 25.2 Å². The van der Waals surface area contributed by atoms with Gasteiger partial charge in [-0.15, -0.1) is 0 Å². The lowest BCUT2D eigenvalue weighted by atomic mass is 10.1. The van der Waals surface area contributed by atoms with Crippen LogP contribution >= 0.6 is 15.9 Å². The molecule has 0 aliphatic heterocycles. The first-order valence-electron chi connectivity index (χ1n) is 5.10. The van der Waals surface area contributed by atoms with Crippen LogP contribution in [0.15, 0.2) is 23.1 Å². The molecular formula is C11H16BrNO2S. The summed E-state index contributed by atoms with van der Waals surface area (Å²) < 4.78 is 26.3. The van der Waals surface area contributed by atoms with Crippen molar-refractivity contribution in [3.8, 4) is 0 Å². The quantitative estimate of drug-likeness (QED) is 0.670. The molecule has 0 fully saturated rings. The first kappa shape index (κ1) is 13.7. The third kappa shape index (κ3) is 3.57. The highest BCUT2D eigenvalue weighted by atomic mass is 79.9. The van der Waals surface area contributed by atoms with Crippen molar-refractivity contribution >= 4 is 26.0 Å². The molecular weight excluding hydrogens is 290 g/mol. The Labute approximate surface area is 105 Å². The molecule has 1 aromatic carbocycles. The van der Waals surface area contributed by atoms with E-state index in [0.717, 1.165) is 22.9 Å². The van der Waals surface area contributed by atoms with Gasteiger partial charge in [-0.3, -0.25) is 0 Å². The zero-order chi connectivity index (χ0) is 12.2. The van der Waals surface area contributed by atoms with Crippen LogP contribution in [0.2, 0.25) is 0 Å². The van der Waals surface area contributed by atoms with Gasteiger partial charge in [0.2, 0.25) is 10.0 Å². The van der Waals surface area contributed by atoms with Crippen molar-refractivity contribution < 1.29 is 8.42 Å². The fourth-order valence-electron chi connectivity index (χ4n) is 1.24. The monoisotopic (exact) mass is 305 g/mol. The molecule has 0 unspecified atom stereocenters. The summed E-state index contributed by atoms with van der Waals surface area (Å²) in [7, 11) is -3.34. The van der Waals surface area contributed by atoms with Gasteiger partial charge in [-0.2, -0.15) is 0 Å². The predicted octanol–water partition coefficient (Wildman–Crippen LogP) is 2.37. The topological polar surface area (TPSA) is 46.2 Å². The van der Waals surface area contributed by atoms with E-state index in [2.05, 4.69) is 20.7 Å². The number of hydrogen-bond donors (Lipinski definition) is 1. The van der Waals surface area contributed by atoms with Gasteiger partial charge in [-0.05, 0) is 43.5 Å². The van der Waals surface area contributed by atoms with Gasteiger partial charge >= 0.3 is 0 Å². The van der Waals surface area contributed by atoms with Crippen molar-refractivity contribution in [2.24, 2.45) is 0 Å². The number of rotatable bonds is 5. The van der Waals surface area contributed by atoms with E-state index < -0.39 is 10.0 Å². The molecule has 16 heavy (non-hydrogen) atoms. The Kier molecular flexibility index (Phi) is 4.95. The molecule has 0 amide bonds. The molecule has 0 bridgehead atoms. The fraction of sp³-hybridized carbons (Fsp3) is 0.455. The number of hydrogen-bond acceptors (Lipinski definition) is 2. The molecule has 0 saturated heterocycles. The molecule has 0 radical (unpaired) electrons. The Morgan fingerprint density at radius 1 is 1.25 bits per heavy atom. The van der Waals surface area contributed by atoms with E-state index in [1.807, 2.05) is 19.9 Å². The van der Waals surface area contributed by atoms with Crippen LogP contribution in [0.4, 0.5) is 0 Å². The minimum atomic E-state index is -3.34.